The van der Waals surface area contributed by atoms with Crippen LogP contribution >= 0.6 is 0 Å². The van der Waals surface area contributed by atoms with Gasteiger partial charge in [0.25, 0.3) is 0 Å². The third kappa shape index (κ3) is 6.22. The van der Waals surface area contributed by atoms with Gasteiger partial charge < -0.3 is 0 Å². The van der Waals surface area contributed by atoms with E-state index in [1.807, 2.05) is 20.8 Å². The Hall–Kier alpha value is 0.110. The second kappa shape index (κ2) is 5.11. The molecule has 0 aliphatic heterocycles. The molecule has 0 aliphatic carbocycles. The summed E-state index contributed by atoms with van der Waals surface area (Å²) in [7, 11) is -0.934. The Labute approximate surface area is 85.1 Å². The van der Waals surface area contributed by atoms with Crippen LogP contribution in [0.2, 0.25) is 0 Å². The van der Waals surface area contributed by atoms with Crippen molar-refractivity contribution in [2.75, 3.05) is 0 Å². The summed E-state index contributed by atoms with van der Waals surface area (Å²) in [5.74, 6) is 0.652. The van der Waals surface area contributed by atoms with Crippen molar-refractivity contribution in [2.45, 2.75) is 58.8 Å². The first-order valence-corrected chi connectivity index (χ1v) is 6.06. The number of nitrogens with one attached hydrogen (secondary N) is 1. The maximum Gasteiger partial charge on any atom is 0.0972 e. The van der Waals surface area contributed by atoms with Gasteiger partial charge in [0.05, 0.1) is 15.7 Å². The molecule has 2 atom stereocenters. The zero-order valence-corrected chi connectivity index (χ0v) is 10.5. The molecule has 2 unspecified atom stereocenters. The second-order valence-corrected chi connectivity index (χ2v) is 7.03. The molecular weight excluding hydrogens is 182 g/mol. The summed E-state index contributed by atoms with van der Waals surface area (Å²) in [6, 6.07) is 0.333. The molecule has 0 bridgehead atoms. The lowest BCUT2D eigenvalue weighted by atomic mass is 10.1. The quantitative estimate of drug-likeness (QED) is 0.750. The van der Waals surface area contributed by atoms with Gasteiger partial charge in [-0.15, -0.1) is 0 Å². The molecule has 0 spiro atoms. The molecule has 3 heteroatoms. The van der Waals surface area contributed by atoms with Crippen LogP contribution in [0.5, 0.6) is 0 Å². The van der Waals surface area contributed by atoms with Crippen molar-refractivity contribution in [1.29, 1.82) is 0 Å². The van der Waals surface area contributed by atoms with Gasteiger partial charge in [-0.05, 0) is 40.0 Å². The molecule has 0 rings (SSSR count). The zero-order chi connectivity index (χ0) is 10.6. The van der Waals surface area contributed by atoms with E-state index in [2.05, 4.69) is 25.5 Å². The van der Waals surface area contributed by atoms with Crippen LogP contribution in [0.15, 0.2) is 0 Å². The predicted octanol–water partition coefficient (Wildman–Crippen LogP) is 2.47. The summed E-state index contributed by atoms with van der Waals surface area (Å²) in [6.07, 6.45) is 1.07. The Morgan fingerprint density at radius 1 is 1.23 bits per heavy atom. The van der Waals surface area contributed by atoms with Gasteiger partial charge in [0.1, 0.15) is 0 Å². The summed E-state index contributed by atoms with van der Waals surface area (Å²) in [5.41, 5.74) is 0. The van der Waals surface area contributed by atoms with Gasteiger partial charge in [0.2, 0.25) is 0 Å². The van der Waals surface area contributed by atoms with Gasteiger partial charge >= 0.3 is 0 Å². The molecule has 80 valence electrons. The van der Waals surface area contributed by atoms with Gasteiger partial charge in [-0.25, -0.2) is 8.93 Å². The summed E-state index contributed by atoms with van der Waals surface area (Å²) in [4.78, 5) is 0. The minimum absolute atomic E-state index is 0.161. The molecular formula is C10H23NOS. The van der Waals surface area contributed by atoms with Crippen LogP contribution in [-0.2, 0) is 11.0 Å². The third-order valence-corrected chi connectivity index (χ3v) is 3.42. The monoisotopic (exact) mass is 205 g/mol. The van der Waals surface area contributed by atoms with Crippen LogP contribution in [0.4, 0.5) is 0 Å². The van der Waals surface area contributed by atoms with Crippen molar-refractivity contribution in [3.05, 3.63) is 0 Å². The SMILES string of the molecule is CC(C)CC(C)NS(=O)C(C)(C)C. The lowest BCUT2D eigenvalue weighted by molar-refractivity contribution is 0.491. The minimum Gasteiger partial charge on any atom is -0.242 e. The standard InChI is InChI=1S/C10H23NOS/c1-8(2)7-9(3)11-13(12)10(4,5)6/h8-9,11H,7H2,1-6H3. The molecule has 0 radical (unpaired) electrons. The predicted molar refractivity (Wildman–Crippen MR) is 59.9 cm³/mol. The average Bonchev–Trinajstić information content (AvgIpc) is 1.82. The first-order valence-electron chi connectivity index (χ1n) is 4.91. The van der Waals surface area contributed by atoms with Crippen molar-refractivity contribution < 1.29 is 4.21 Å². The molecule has 0 amide bonds. The Bertz CT molecular complexity index is 172. The van der Waals surface area contributed by atoms with Gasteiger partial charge in [0.15, 0.2) is 0 Å². The van der Waals surface area contributed by atoms with Crippen molar-refractivity contribution in [3.8, 4) is 0 Å². The number of hydrogen-bond acceptors (Lipinski definition) is 1. The summed E-state index contributed by atoms with van der Waals surface area (Å²) >= 11 is 0. The highest BCUT2D eigenvalue weighted by molar-refractivity contribution is 7.84. The van der Waals surface area contributed by atoms with Gasteiger partial charge in [-0.2, -0.15) is 0 Å². The third-order valence-electron chi connectivity index (χ3n) is 1.69. The fraction of sp³-hybridized carbons (Fsp3) is 1.00. The maximum absolute atomic E-state index is 11.7. The van der Waals surface area contributed by atoms with E-state index in [1.54, 1.807) is 0 Å². The van der Waals surface area contributed by atoms with E-state index in [0.29, 0.717) is 12.0 Å². The summed E-state index contributed by atoms with van der Waals surface area (Å²) < 4.78 is 14.6. The van der Waals surface area contributed by atoms with Crippen LogP contribution in [0.25, 0.3) is 0 Å². The molecule has 0 aromatic rings. The highest BCUT2D eigenvalue weighted by Crippen LogP contribution is 2.11. The topological polar surface area (TPSA) is 29.1 Å². The lowest BCUT2D eigenvalue weighted by Gasteiger charge is -2.22. The van der Waals surface area contributed by atoms with E-state index in [-0.39, 0.29) is 4.75 Å². The summed E-state index contributed by atoms with van der Waals surface area (Å²) in [5, 5.41) is 0. The molecule has 0 saturated carbocycles. The number of rotatable bonds is 4. The smallest absolute Gasteiger partial charge is 0.0972 e. The Kier molecular flexibility index (Phi) is 5.15. The lowest BCUT2D eigenvalue weighted by Crippen LogP contribution is -2.38. The van der Waals surface area contributed by atoms with Crippen LogP contribution in [0, 0.1) is 5.92 Å². The largest absolute Gasteiger partial charge is 0.242 e. The van der Waals surface area contributed by atoms with E-state index < -0.39 is 11.0 Å². The van der Waals surface area contributed by atoms with E-state index in [0.717, 1.165) is 6.42 Å². The highest BCUT2D eigenvalue weighted by atomic mass is 32.2. The maximum atomic E-state index is 11.7. The van der Waals surface area contributed by atoms with E-state index in [4.69, 9.17) is 0 Å². The van der Waals surface area contributed by atoms with Crippen LogP contribution in [0.1, 0.15) is 48.0 Å². The van der Waals surface area contributed by atoms with Crippen molar-refractivity contribution in [3.63, 3.8) is 0 Å². The fourth-order valence-corrected chi connectivity index (χ4v) is 1.93. The first kappa shape index (κ1) is 13.1. The molecule has 13 heavy (non-hydrogen) atoms. The normalized spacial score (nSPS) is 17.5. The molecule has 1 N–H and O–H groups in total. The van der Waals surface area contributed by atoms with E-state index in [1.165, 1.54) is 0 Å². The average molecular weight is 205 g/mol. The molecule has 0 aliphatic rings. The van der Waals surface area contributed by atoms with Crippen molar-refractivity contribution >= 4 is 11.0 Å². The first-order chi connectivity index (χ1) is 5.73. The van der Waals surface area contributed by atoms with Gasteiger partial charge in [-0.3, -0.25) is 0 Å². The zero-order valence-electron chi connectivity index (χ0n) is 9.68. The molecule has 0 saturated heterocycles. The molecule has 0 aromatic carbocycles. The van der Waals surface area contributed by atoms with Gasteiger partial charge in [0, 0.05) is 6.04 Å². The molecule has 0 aromatic heterocycles. The Morgan fingerprint density at radius 2 is 1.69 bits per heavy atom. The fourth-order valence-electron chi connectivity index (χ4n) is 1.11. The van der Waals surface area contributed by atoms with E-state index >= 15 is 0 Å². The van der Waals surface area contributed by atoms with Crippen LogP contribution in [0.3, 0.4) is 0 Å². The molecule has 0 fully saturated rings. The molecule has 2 nitrogen and oxygen atoms in total. The Balaban J connectivity index is 3.93. The van der Waals surface area contributed by atoms with Crippen molar-refractivity contribution in [2.24, 2.45) is 5.92 Å². The molecule has 0 heterocycles. The van der Waals surface area contributed by atoms with Crippen molar-refractivity contribution in [1.82, 2.24) is 4.72 Å². The number of hydrogen-bond donors (Lipinski definition) is 1. The van der Waals surface area contributed by atoms with Crippen LogP contribution in [-0.4, -0.2) is 15.0 Å². The Morgan fingerprint density at radius 3 is 2.00 bits per heavy atom. The van der Waals surface area contributed by atoms with Gasteiger partial charge in [-0.1, -0.05) is 13.8 Å². The minimum atomic E-state index is -0.934. The highest BCUT2D eigenvalue weighted by Gasteiger charge is 2.21. The summed E-state index contributed by atoms with van der Waals surface area (Å²) in [6.45, 7) is 12.4. The second-order valence-electron chi connectivity index (χ2n) is 5.03. The van der Waals surface area contributed by atoms with E-state index in [9.17, 15) is 4.21 Å². The van der Waals surface area contributed by atoms with Crippen LogP contribution < -0.4 is 4.72 Å².